The van der Waals surface area contributed by atoms with Crippen LogP contribution in [-0.2, 0) is 16.1 Å². The quantitative estimate of drug-likeness (QED) is 0.640. The third kappa shape index (κ3) is 5.34. The van der Waals surface area contributed by atoms with E-state index in [4.69, 9.17) is 9.47 Å². The number of carbonyl (C=O) groups is 3. The molecule has 196 valence electrons. The van der Waals surface area contributed by atoms with Crippen LogP contribution in [0.3, 0.4) is 0 Å². The molecule has 0 bridgehead atoms. The van der Waals surface area contributed by atoms with Gasteiger partial charge < -0.3 is 34.2 Å². The number of nitrogens with zero attached hydrogens (tertiary/aromatic N) is 4. The number of piperidine rings is 1. The minimum atomic E-state index is -0.932. The summed E-state index contributed by atoms with van der Waals surface area (Å²) in [5.41, 5.74) is 2.38. The van der Waals surface area contributed by atoms with Crippen LogP contribution in [0.1, 0.15) is 25.3 Å². The fourth-order valence-electron chi connectivity index (χ4n) is 5.32. The average molecular weight is 509 g/mol. The molecular weight excluding hydrogens is 476 g/mol. The van der Waals surface area contributed by atoms with Gasteiger partial charge in [0.15, 0.2) is 11.5 Å². The van der Waals surface area contributed by atoms with E-state index >= 15 is 0 Å². The van der Waals surface area contributed by atoms with Gasteiger partial charge in [-0.3, -0.25) is 9.59 Å². The number of rotatable bonds is 6. The van der Waals surface area contributed by atoms with Crippen molar-refractivity contribution >= 4 is 29.3 Å². The fourth-order valence-corrected chi connectivity index (χ4v) is 5.32. The molecular formula is C27H32N4O6. The predicted molar refractivity (Wildman–Crippen MR) is 137 cm³/mol. The third-order valence-corrected chi connectivity index (χ3v) is 7.28. The summed E-state index contributed by atoms with van der Waals surface area (Å²) in [4.78, 5) is 44.0. The van der Waals surface area contributed by atoms with Crippen molar-refractivity contribution in [1.82, 2.24) is 9.80 Å². The summed E-state index contributed by atoms with van der Waals surface area (Å²) in [5.74, 6) is 1.10. The lowest BCUT2D eigenvalue weighted by Crippen LogP contribution is -2.51. The number of ether oxygens (including phenoxy) is 2. The van der Waals surface area contributed by atoms with Crippen molar-refractivity contribution in [2.24, 2.45) is 0 Å². The van der Waals surface area contributed by atoms with Crippen molar-refractivity contribution in [2.75, 3.05) is 55.7 Å². The Bertz CT molecular complexity index is 1180. The van der Waals surface area contributed by atoms with Gasteiger partial charge in [0.2, 0.25) is 11.8 Å². The summed E-state index contributed by atoms with van der Waals surface area (Å²) in [6, 6.07) is 13.0. The highest BCUT2D eigenvalue weighted by atomic mass is 16.6. The van der Waals surface area contributed by atoms with Crippen LogP contribution in [-0.4, -0.2) is 84.8 Å². The van der Waals surface area contributed by atoms with Gasteiger partial charge in [-0.2, -0.15) is 0 Å². The molecule has 1 N–H and O–H groups in total. The lowest BCUT2D eigenvalue weighted by Gasteiger charge is -2.39. The maximum atomic E-state index is 12.8. The summed E-state index contributed by atoms with van der Waals surface area (Å²) in [6.07, 6.45) is 0.512. The zero-order valence-corrected chi connectivity index (χ0v) is 21.0. The first kappa shape index (κ1) is 24.9. The van der Waals surface area contributed by atoms with E-state index in [2.05, 4.69) is 4.90 Å². The van der Waals surface area contributed by atoms with Crippen molar-refractivity contribution in [3.05, 3.63) is 48.0 Å². The first-order valence-electron chi connectivity index (χ1n) is 12.7. The Labute approximate surface area is 215 Å². The molecule has 0 spiro atoms. The number of likely N-dealkylation sites (tertiary alicyclic amines) is 1. The summed E-state index contributed by atoms with van der Waals surface area (Å²) >= 11 is 0. The molecule has 1 saturated heterocycles. The molecule has 37 heavy (non-hydrogen) atoms. The average Bonchev–Trinajstić information content (AvgIpc) is 2.91. The highest BCUT2D eigenvalue weighted by molar-refractivity contribution is 6.10. The molecule has 3 heterocycles. The minimum Gasteiger partial charge on any atom is -0.486 e. The first-order chi connectivity index (χ1) is 17.9. The molecule has 10 heteroatoms. The Morgan fingerprint density at radius 3 is 2.41 bits per heavy atom. The number of carbonyl (C=O) groups excluding carboxylic acids is 2. The van der Waals surface area contributed by atoms with Crippen LogP contribution in [0.2, 0.25) is 0 Å². The Morgan fingerprint density at radius 1 is 1.00 bits per heavy atom. The minimum absolute atomic E-state index is 0.0435. The number of hydrogen-bond donors (Lipinski definition) is 1. The number of para-hydroxylation sites is 2. The second kappa shape index (κ2) is 10.7. The molecule has 3 aliphatic heterocycles. The van der Waals surface area contributed by atoms with Crippen LogP contribution in [0, 0.1) is 0 Å². The van der Waals surface area contributed by atoms with E-state index in [0.717, 1.165) is 42.9 Å². The van der Waals surface area contributed by atoms with Crippen molar-refractivity contribution in [2.45, 2.75) is 32.4 Å². The van der Waals surface area contributed by atoms with Gasteiger partial charge in [-0.15, -0.1) is 0 Å². The number of amides is 3. The van der Waals surface area contributed by atoms with Crippen LogP contribution in [0.4, 0.5) is 16.2 Å². The number of benzene rings is 2. The van der Waals surface area contributed by atoms with E-state index in [1.54, 1.807) is 4.90 Å². The maximum Gasteiger partial charge on any atom is 0.407 e. The topological polar surface area (TPSA) is 103 Å². The largest absolute Gasteiger partial charge is 0.486 e. The zero-order chi connectivity index (χ0) is 25.9. The number of anilines is 2. The molecule has 0 aromatic heterocycles. The predicted octanol–water partition coefficient (Wildman–Crippen LogP) is 2.80. The highest BCUT2D eigenvalue weighted by Gasteiger charge is 2.32. The van der Waals surface area contributed by atoms with E-state index < -0.39 is 6.09 Å². The Morgan fingerprint density at radius 2 is 1.70 bits per heavy atom. The van der Waals surface area contributed by atoms with Gasteiger partial charge in [-0.1, -0.05) is 18.2 Å². The van der Waals surface area contributed by atoms with Crippen molar-refractivity contribution in [3.63, 3.8) is 0 Å². The molecule has 2 aromatic rings. The van der Waals surface area contributed by atoms with Gasteiger partial charge in [0.25, 0.3) is 0 Å². The van der Waals surface area contributed by atoms with E-state index in [9.17, 15) is 19.5 Å². The summed E-state index contributed by atoms with van der Waals surface area (Å²) in [5, 5.41) is 9.93. The molecule has 0 atom stereocenters. The monoisotopic (exact) mass is 508 g/mol. The van der Waals surface area contributed by atoms with Gasteiger partial charge >= 0.3 is 6.09 Å². The number of hydrogen-bond acceptors (Lipinski definition) is 6. The molecule has 3 amide bonds. The third-order valence-electron chi connectivity index (χ3n) is 7.28. The fraction of sp³-hybridized carbons (Fsp3) is 0.444. The molecule has 5 rings (SSSR count). The van der Waals surface area contributed by atoms with Crippen LogP contribution in [0.5, 0.6) is 11.5 Å². The van der Waals surface area contributed by atoms with Gasteiger partial charge in [0, 0.05) is 45.7 Å². The molecule has 1 fully saturated rings. The number of carboxylic acid groups (broad SMARTS) is 1. The van der Waals surface area contributed by atoms with Crippen molar-refractivity contribution in [3.8, 4) is 11.5 Å². The summed E-state index contributed by atoms with van der Waals surface area (Å²) < 4.78 is 11.2. The zero-order valence-electron chi connectivity index (χ0n) is 21.0. The van der Waals surface area contributed by atoms with Gasteiger partial charge in [0.1, 0.15) is 19.8 Å². The van der Waals surface area contributed by atoms with Crippen LogP contribution >= 0.6 is 0 Å². The Balaban J connectivity index is 1.18. The van der Waals surface area contributed by atoms with Gasteiger partial charge in [-0.05, 0) is 42.7 Å². The second-order valence-electron chi connectivity index (χ2n) is 9.60. The second-order valence-corrected chi connectivity index (χ2v) is 9.60. The Kier molecular flexibility index (Phi) is 7.18. The van der Waals surface area contributed by atoms with E-state index in [1.807, 2.05) is 42.5 Å². The Hall–Kier alpha value is -3.79. The lowest BCUT2D eigenvalue weighted by molar-refractivity contribution is -0.121. The molecule has 10 nitrogen and oxygen atoms in total. The molecule has 2 aromatic carbocycles. The summed E-state index contributed by atoms with van der Waals surface area (Å²) in [7, 11) is 0. The molecule has 0 aliphatic carbocycles. The molecule has 0 saturated carbocycles. The smallest absolute Gasteiger partial charge is 0.407 e. The van der Waals surface area contributed by atoms with Crippen LogP contribution in [0.15, 0.2) is 42.5 Å². The first-order valence-corrected chi connectivity index (χ1v) is 12.7. The highest BCUT2D eigenvalue weighted by Crippen LogP contribution is 2.34. The normalized spacial score (nSPS) is 17.9. The lowest BCUT2D eigenvalue weighted by atomic mass is 10.0. The van der Waals surface area contributed by atoms with Gasteiger partial charge in [0.05, 0.1) is 11.4 Å². The van der Waals surface area contributed by atoms with Crippen molar-refractivity contribution < 1.29 is 29.0 Å². The molecule has 0 radical (unpaired) electrons. The van der Waals surface area contributed by atoms with E-state index in [-0.39, 0.29) is 24.4 Å². The van der Waals surface area contributed by atoms with E-state index in [0.29, 0.717) is 44.3 Å². The van der Waals surface area contributed by atoms with E-state index in [1.165, 1.54) is 16.7 Å². The van der Waals surface area contributed by atoms with Gasteiger partial charge in [-0.25, -0.2) is 4.79 Å². The van der Waals surface area contributed by atoms with Crippen LogP contribution < -0.4 is 19.3 Å². The van der Waals surface area contributed by atoms with Crippen molar-refractivity contribution in [1.29, 1.82) is 0 Å². The maximum absolute atomic E-state index is 12.8. The molecule has 3 aliphatic rings. The van der Waals surface area contributed by atoms with Crippen LogP contribution in [0.25, 0.3) is 0 Å². The molecule has 0 unspecified atom stereocenters. The summed E-state index contributed by atoms with van der Waals surface area (Å²) in [6.45, 7) is 5.51. The standard InChI is InChI=1S/C27H32N4O6/c1-19(32)30-18-26(33)29(22-4-2-3-5-23(22)30)13-12-28-10-8-21(9-11-28)31(27(34)35)17-20-6-7-24-25(16-20)37-15-14-36-24/h2-7,16,21H,8-15,17-18H2,1H3,(H,34,35). The number of fused-ring (bicyclic) bond motifs is 2. The SMILES string of the molecule is CC(=O)N1CC(=O)N(CCN2CCC(N(Cc3ccc4c(c3)OCCO4)C(=O)O)CC2)c2ccccc21.